The number of nitrogen functional groups attached to an aromatic ring is 1. The fourth-order valence-corrected chi connectivity index (χ4v) is 4.14. The van der Waals surface area contributed by atoms with Crippen molar-refractivity contribution in [3.05, 3.63) is 58.4 Å². The highest BCUT2D eigenvalue weighted by Crippen LogP contribution is 2.26. The van der Waals surface area contributed by atoms with Crippen molar-refractivity contribution < 1.29 is 15.3 Å². The van der Waals surface area contributed by atoms with Crippen molar-refractivity contribution in [2.45, 2.75) is 38.1 Å². The first-order chi connectivity index (χ1) is 13.5. The number of carbonyl (C=O) groups excluding carboxylic acids is 2. The van der Waals surface area contributed by atoms with Crippen LogP contribution < -0.4 is 11.5 Å². The summed E-state index contributed by atoms with van der Waals surface area (Å²) in [6.07, 6.45) is 7.21. The molecule has 0 bridgehead atoms. The van der Waals surface area contributed by atoms with Crippen molar-refractivity contribution in [2.24, 2.45) is 0 Å². The van der Waals surface area contributed by atoms with Gasteiger partial charge in [0, 0.05) is 19.3 Å². The van der Waals surface area contributed by atoms with Crippen LogP contribution in [-0.4, -0.2) is 34.4 Å². The molecule has 1 atom stereocenters. The van der Waals surface area contributed by atoms with E-state index in [-0.39, 0.29) is 21.8 Å². The second-order valence-electron chi connectivity index (χ2n) is 7.19. The van der Waals surface area contributed by atoms with Gasteiger partial charge >= 0.3 is 5.91 Å². The Hall–Kier alpha value is -2.51. The largest absolute Gasteiger partial charge is 0.398 e. The van der Waals surface area contributed by atoms with Gasteiger partial charge in [0.2, 0.25) is 5.91 Å². The van der Waals surface area contributed by atoms with Crippen LogP contribution in [-0.2, 0) is 4.79 Å². The highest BCUT2D eigenvalue weighted by Gasteiger charge is 2.29. The van der Waals surface area contributed by atoms with E-state index in [1.165, 1.54) is 6.42 Å². The molecule has 2 heterocycles. The van der Waals surface area contributed by atoms with Crippen molar-refractivity contribution in [3.8, 4) is 0 Å². The number of pyridine rings is 1. The number of quaternary nitrogens is 1. The topological polar surface area (TPSA) is 96.0 Å². The molecule has 0 saturated carbocycles. The number of rotatable bonds is 4. The predicted molar refractivity (Wildman–Crippen MR) is 111 cm³/mol. The molecule has 1 aromatic carbocycles. The first-order valence-electron chi connectivity index (χ1n) is 9.71. The van der Waals surface area contributed by atoms with Gasteiger partial charge in [0.25, 0.3) is 0 Å². The quantitative estimate of drug-likeness (QED) is 0.772. The van der Waals surface area contributed by atoms with Gasteiger partial charge in [-0.2, -0.15) is 0 Å². The fraction of sp³-hybridized carbons (Fsp3) is 0.381. The predicted octanol–water partition coefficient (Wildman–Crippen LogP) is 2.56. The number of nitrogens with two attached hydrogens (primary N) is 1. The molecule has 0 aliphatic carbocycles. The molecule has 7 heteroatoms. The molecule has 1 aliphatic rings. The molecule has 1 fully saturated rings. The lowest BCUT2D eigenvalue weighted by Crippen LogP contribution is -2.57. The van der Waals surface area contributed by atoms with Gasteiger partial charge in [0.05, 0.1) is 5.69 Å². The molecular formula is C21H27N4O2S+. The molecule has 1 aliphatic heterocycles. The molecular weight excluding hydrogens is 372 g/mol. The molecule has 3 rings (SSSR count). The molecule has 2 amide bonds. The lowest BCUT2D eigenvalue weighted by Gasteiger charge is -2.30. The molecule has 0 radical (unpaired) electrons. The Morgan fingerprint density at radius 2 is 1.61 bits per heavy atom. The SMILES string of the molecule is Nc1ccn(C(C(=O)N2CCCCCCC2)c2ccccc2)c(=S)c1C([NH3+])=O. The molecule has 28 heavy (non-hydrogen) atoms. The van der Waals surface area contributed by atoms with Crippen LogP contribution in [0.3, 0.4) is 0 Å². The van der Waals surface area contributed by atoms with E-state index in [2.05, 4.69) is 5.73 Å². The number of hydrogen-bond donors (Lipinski definition) is 2. The zero-order chi connectivity index (χ0) is 20.1. The maximum absolute atomic E-state index is 13.6. The summed E-state index contributed by atoms with van der Waals surface area (Å²) in [4.78, 5) is 27.5. The van der Waals surface area contributed by atoms with Crippen LogP contribution in [0.15, 0.2) is 42.6 Å². The van der Waals surface area contributed by atoms with Gasteiger partial charge in [-0.15, -0.1) is 0 Å². The maximum atomic E-state index is 13.6. The highest BCUT2D eigenvalue weighted by atomic mass is 32.1. The Labute approximate surface area is 170 Å². The van der Waals surface area contributed by atoms with Crippen molar-refractivity contribution >= 4 is 29.7 Å². The fourth-order valence-electron chi connectivity index (χ4n) is 3.75. The Balaban J connectivity index is 2.08. The summed E-state index contributed by atoms with van der Waals surface area (Å²) in [7, 11) is 0. The van der Waals surface area contributed by atoms with Crippen molar-refractivity contribution in [2.75, 3.05) is 18.8 Å². The zero-order valence-corrected chi connectivity index (χ0v) is 16.8. The third-order valence-corrected chi connectivity index (χ3v) is 5.64. The van der Waals surface area contributed by atoms with E-state index in [9.17, 15) is 9.59 Å². The first kappa shape index (κ1) is 20.2. The number of amides is 2. The van der Waals surface area contributed by atoms with E-state index in [0.29, 0.717) is 0 Å². The normalized spacial score (nSPS) is 16.1. The summed E-state index contributed by atoms with van der Waals surface area (Å²) >= 11 is 5.55. The van der Waals surface area contributed by atoms with Crippen LogP contribution >= 0.6 is 12.2 Å². The Morgan fingerprint density at radius 3 is 2.21 bits per heavy atom. The Kier molecular flexibility index (Phi) is 6.59. The number of nitrogens with zero attached hydrogens (tertiary/aromatic N) is 2. The second-order valence-corrected chi connectivity index (χ2v) is 7.57. The standard InChI is InChI=1S/C21H26N4O2S/c22-16-11-14-25(21(28)17(16)19(23)26)18(15-9-5-4-6-10-15)20(27)24-12-7-2-1-3-8-13-24/h4-6,9-11,14,18H,1-3,7-8,12-13,22H2,(H2,23,26)/p+1. The summed E-state index contributed by atoms with van der Waals surface area (Å²) in [5, 5.41) is 0. The Morgan fingerprint density at radius 1 is 1.00 bits per heavy atom. The van der Waals surface area contributed by atoms with Gasteiger partial charge in [-0.3, -0.25) is 10.5 Å². The van der Waals surface area contributed by atoms with E-state index in [1.54, 1.807) is 16.8 Å². The van der Waals surface area contributed by atoms with Crippen LogP contribution in [0.5, 0.6) is 0 Å². The van der Waals surface area contributed by atoms with Crippen LogP contribution in [0.4, 0.5) is 5.69 Å². The highest BCUT2D eigenvalue weighted by molar-refractivity contribution is 7.71. The van der Waals surface area contributed by atoms with E-state index in [1.807, 2.05) is 35.2 Å². The molecule has 6 nitrogen and oxygen atoms in total. The van der Waals surface area contributed by atoms with E-state index >= 15 is 0 Å². The first-order valence-corrected chi connectivity index (χ1v) is 10.1. The summed E-state index contributed by atoms with van der Waals surface area (Å²) in [5.41, 5.74) is 10.7. The van der Waals surface area contributed by atoms with Gasteiger partial charge in [0.1, 0.15) is 16.2 Å². The summed E-state index contributed by atoms with van der Waals surface area (Å²) in [5.74, 6) is -0.446. The molecule has 1 unspecified atom stereocenters. The number of carbonyl (C=O) groups is 2. The number of benzene rings is 1. The summed E-state index contributed by atoms with van der Waals surface area (Å²) < 4.78 is 1.93. The third kappa shape index (κ3) is 4.31. The minimum atomic E-state index is -0.633. The molecule has 0 spiro atoms. The van der Waals surface area contributed by atoms with Crippen LogP contribution in [0.25, 0.3) is 0 Å². The van der Waals surface area contributed by atoms with Gasteiger partial charge in [-0.1, -0.05) is 61.8 Å². The van der Waals surface area contributed by atoms with Gasteiger partial charge in [-0.05, 0) is 24.5 Å². The van der Waals surface area contributed by atoms with Crippen molar-refractivity contribution in [3.63, 3.8) is 0 Å². The second kappa shape index (κ2) is 9.12. The summed E-state index contributed by atoms with van der Waals surface area (Å²) in [6, 6.07) is 10.5. The number of aromatic nitrogens is 1. The Bertz CT molecular complexity index is 902. The van der Waals surface area contributed by atoms with Gasteiger partial charge in [0.15, 0.2) is 0 Å². The minimum Gasteiger partial charge on any atom is -0.398 e. The zero-order valence-electron chi connectivity index (χ0n) is 16.0. The minimum absolute atomic E-state index is 0.00330. The lowest BCUT2D eigenvalue weighted by atomic mass is 10.0. The van der Waals surface area contributed by atoms with Crippen molar-refractivity contribution in [1.82, 2.24) is 9.47 Å². The van der Waals surface area contributed by atoms with Crippen molar-refractivity contribution in [1.29, 1.82) is 0 Å². The number of hydrogen-bond acceptors (Lipinski definition) is 4. The van der Waals surface area contributed by atoms with Crippen LogP contribution in [0.1, 0.15) is 54.1 Å². The smallest absolute Gasteiger partial charge is 0.346 e. The van der Waals surface area contributed by atoms with E-state index in [0.717, 1.165) is 44.3 Å². The molecule has 2 aromatic rings. The lowest BCUT2D eigenvalue weighted by molar-refractivity contribution is -0.255. The maximum Gasteiger partial charge on any atom is 0.346 e. The van der Waals surface area contributed by atoms with E-state index < -0.39 is 11.9 Å². The average Bonchev–Trinajstić information content (AvgIpc) is 2.64. The van der Waals surface area contributed by atoms with E-state index in [4.69, 9.17) is 18.0 Å². The third-order valence-electron chi connectivity index (χ3n) is 5.23. The van der Waals surface area contributed by atoms with Crippen LogP contribution in [0, 0.1) is 4.64 Å². The number of anilines is 1. The van der Waals surface area contributed by atoms with Gasteiger partial charge in [-0.25, -0.2) is 4.79 Å². The monoisotopic (exact) mass is 399 g/mol. The molecule has 5 N–H and O–H groups in total. The van der Waals surface area contributed by atoms with Gasteiger partial charge < -0.3 is 15.2 Å². The molecule has 148 valence electrons. The number of likely N-dealkylation sites (tertiary alicyclic amines) is 1. The average molecular weight is 400 g/mol. The molecule has 1 saturated heterocycles. The summed E-state index contributed by atoms with van der Waals surface area (Å²) in [6.45, 7) is 1.48. The molecule has 1 aromatic heterocycles. The van der Waals surface area contributed by atoms with Crippen LogP contribution in [0.2, 0.25) is 0 Å².